The summed E-state index contributed by atoms with van der Waals surface area (Å²) in [5, 5.41) is 8.15. The van der Waals surface area contributed by atoms with Crippen LogP contribution in [0, 0.1) is 5.92 Å². The molecule has 0 saturated carbocycles. The van der Waals surface area contributed by atoms with Gasteiger partial charge in [-0.15, -0.1) is 10.2 Å². The number of hydrogen-bond donors (Lipinski definition) is 0. The maximum atomic E-state index is 5.61. The lowest BCUT2D eigenvalue weighted by Gasteiger charge is -2.21. The molecule has 0 spiro atoms. The van der Waals surface area contributed by atoms with E-state index < -0.39 is 0 Å². The molecule has 0 amide bonds. The molecule has 1 saturated heterocycles. The van der Waals surface area contributed by atoms with E-state index in [1.807, 2.05) is 25.4 Å². The van der Waals surface area contributed by atoms with Crippen LogP contribution < -0.4 is 0 Å². The molecule has 2 aromatic rings. The Balaban J connectivity index is 1.44. The zero-order valence-electron chi connectivity index (χ0n) is 14.0. The maximum Gasteiger partial charge on any atom is 0.230 e. The van der Waals surface area contributed by atoms with Gasteiger partial charge < -0.3 is 9.32 Å². The summed E-state index contributed by atoms with van der Waals surface area (Å²) in [6.07, 6.45) is 5.79. The Morgan fingerprint density at radius 2 is 2.22 bits per heavy atom. The molecule has 0 bridgehead atoms. The van der Waals surface area contributed by atoms with Crippen molar-refractivity contribution in [2.45, 2.75) is 32.9 Å². The zero-order chi connectivity index (χ0) is 16.1. The molecule has 23 heavy (non-hydrogen) atoms. The fraction of sp³-hybridized carbons (Fsp3) is 0.588. The molecular formula is C17H25N5O. The normalized spacial score (nSPS) is 18.8. The molecular weight excluding hydrogens is 290 g/mol. The van der Waals surface area contributed by atoms with Gasteiger partial charge in [-0.05, 0) is 37.6 Å². The molecule has 0 unspecified atom stereocenters. The molecule has 1 fully saturated rings. The molecule has 3 heterocycles. The first kappa shape index (κ1) is 16.1. The Morgan fingerprint density at radius 1 is 1.35 bits per heavy atom. The molecule has 0 N–H and O–H groups in total. The standard InChI is InChI=1S/C17H25N5O/c1-3-16-19-20-17(23-16)13-22-8-6-15(12-22)11-21(2)10-14-5-4-7-18-9-14/h4-5,7,9,15H,3,6,8,10-13H2,1-2H3/t15-/m1/s1. The Labute approximate surface area is 137 Å². The minimum Gasteiger partial charge on any atom is -0.424 e. The third kappa shape index (κ3) is 4.59. The highest BCUT2D eigenvalue weighted by molar-refractivity contribution is 5.07. The van der Waals surface area contributed by atoms with Crippen molar-refractivity contribution in [1.82, 2.24) is 25.0 Å². The first-order chi connectivity index (χ1) is 11.2. The summed E-state index contributed by atoms with van der Waals surface area (Å²) >= 11 is 0. The van der Waals surface area contributed by atoms with E-state index in [1.165, 1.54) is 12.0 Å². The zero-order valence-corrected chi connectivity index (χ0v) is 14.0. The minimum atomic E-state index is 0.699. The SMILES string of the molecule is CCc1nnc(CN2CC[C@H](CN(C)Cc3cccnc3)C2)o1. The first-order valence-corrected chi connectivity index (χ1v) is 8.34. The number of hydrogen-bond acceptors (Lipinski definition) is 6. The molecule has 6 nitrogen and oxygen atoms in total. The molecule has 0 aromatic carbocycles. The minimum absolute atomic E-state index is 0.699. The van der Waals surface area contributed by atoms with Crippen molar-refractivity contribution in [3.63, 3.8) is 0 Å². The van der Waals surface area contributed by atoms with E-state index in [2.05, 4.69) is 38.1 Å². The highest BCUT2D eigenvalue weighted by Gasteiger charge is 2.24. The average molecular weight is 315 g/mol. The van der Waals surface area contributed by atoms with Gasteiger partial charge >= 0.3 is 0 Å². The lowest BCUT2D eigenvalue weighted by atomic mass is 10.1. The number of pyridine rings is 1. The predicted molar refractivity (Wildman–Crippen MR) is 87.6 cm³/mol. The van der Waals surface area contributed by atoms with Crippen molar-refractivity contribution in [3.8, 4) is 0 Å². The van der Waals surface area contributed by atoms with Gasteiger partial charge in [0.25, 0.3) is 0 Å². The van der Waals surface area contributed by atoms with Crippen molar-refractivity contribution in [1.29, 1.82) is 0 Å². The topological polar surface area (TPSA) is 58.3 Å². The van der Waals surface area contributed by atoms with Crippen molar-refractivity contribution >= 4 is 0 Å². The summed E-state index contributed by atoms with van der Waals surface area (Å²) < 4.78 is 5.61. The van der Waals surface area contributed by atoms with Crippen LogP contribution in [0.2, 0.25) is 0 Å². The summed E-state index contributed by atoms with van der Waals surface area (Å²) in [7, 11) is 2.18. The smallest absolute Gasteiger partial charge is 0.230 e. The van der Waals surface area contributed by atoms with Gasteiger partial charge in [-0.3, -0.25) is 9.88 Å². The Hall–Kier alpha value is -1.79. The van der Waals surface area contributed by atoms with Gasteiger partial charge in [0.05, 0.1) is 6.54 Å². The quantitative estimate of drug-likeness (QED) is 0.779. The fourth-order valence-electron chi connectivity index (χ4n) is 3.20. The molecule has 0 radical (unpaired) electrons. The van der Waals surface area contributed by atoms with Crippen LogP contribution in [0.1, 0.15) is 30.7 Å². The van der Waals surface area contributed by atoms with E-state index in [9.17, 15) is 0 Å². The van der Waals surface area contributed by atoms with Crippen LogP contribution >= 0.6 is 0 Å². The van der Waals surface area contributed by atoms with Gasteiger partial charge in [0.15, 0.2) is 0 Å². The third-order valence-electron chi connectivity index (χ3n) is 4.29. The van der Waals surface area contributed by atoms with Gasteiger partial charge in [-0.2, -0.15) is 0 Å². The van der Waals surface area contributed by atoms with E-state index in [0.29, 0.717) is 5.92 Å². The van der Waals surface area contributed by atoms with Crippen LogP contribution in [0.3, 0.4) is 0 Å². The lowest BCUT2D eigenvalue weighted by molar-refractivity contribution is 0.243. The summed E-state index contributed by atoms with van der Waals surface area (Å²) in [4.78, 5) is 8.97. The van der Waals surface area contributed by atoms with E-state index in [-0.39, 0.29) is 0 Å². The number of aryl methyl sites for hydroxylation is 1. The second-order valence-corrected chi connectivity index (χ2v) is 6.39. The summed E-state index contributed by atoms with van der Waals surface area (Å²) in [6, 6.07) is 4.13. The molecule has 3 rings (SSSR count). The average Bonchev–Trinajstić information content (AvgIpc) is 3.18. The van der Waals surface area contributed by atoms with Crippen molar-refractivity contribution < 1.29 is 4.42 Å². The van der Waals surface area contributed by atoms with E-state index in [0.717, 1.165) is 50.9 Å². The Bertz CT molecular complexity index is 600. The van der Waals surface area contributed by atoms with Gasteiger partial charge in [0.2, 0.25) is 11.8 Å². The van der Waals surface area contributed by atoms with Gasteiger partial charge in [0.1, 0.15) is 0 Å². The van der Waals surface area contributed by atoms with E-state index in [1.54, 1.807) is 0 Å². The van der Waals surface area contributed by atoms with Crippen molar-refractivity contribution in [2.75, 3.05) is 26.7 Å². The van der Waals surface area contributed by atoms with Crippen LogP contribution in [0.5, 0.6) is 0 Å². The predicted octanol–water partition coefficient (Wildman–Crippen LogP) is 1.98. The van der Waals surface area contributed by atoms with Crippen molar-refractivity contribution in [2.24, 2.45) is 5.92 Å². The maximum absolute atomic E-state index is 5.61. The van der Waals surface area contributed by atoms with Crippen molar-refractivity contribution in [3.05, 3.63) is 41.9 Å². The van der Waals surface area contributed by atoms with Crippen LogP contribution in [0.15, 0.2) is 28.9 Å². The monoisotopic (exact) mass is 315 g/mol. The van der Waals surface area contributed by atoms with Crippen LogP contribution in [-0.2, 0) is 19.5 Å². The van der Waals surface area contributed by atoms with Crippen LogP contribution in [0.25, 0.3) is 0 Å². The molecule has 1 aliphatic rings. The number of aromatic nitrogens is 3. The highest BCUT2D eigenvalue weighted by atomic mass is 16.4. The largest absolute Gasteiger partial charge is 0.424 e. The lowest BCUT2D eigenvalue weighted by Crippen LogP contribution is -2.28. The van der Waals surface area contributed by atoms with Gasteiger partial charge in [0, 0.05) is 38.4 Å². The Morgan fingerprint density at radius 3 is 2.96 bits per heavy atom. The van der Waals surface area contributed by atoms with Crippen LogP contribution in [-0.4, -0.2) is 51.7 Å². The summed E-state index contributed by atoms with van der Waals surface area (Å²) in [6.45, 7) is 7.07. The Kier molecular flexibility index (Phi) is 5.35. The molecule has 1 atom stereocenters. The molecule has 2 aromatic heterocycles. The number of nitrogens with zero attached hydrogens (tertiary/aromatic N) is 5. The second kappa shape index (κ2) is 7.66. The molecule has 0 aliphatic carbocycles. The molecule has 124 valence electrons. The molecule has 1 aliphatic heterocycles. The van der Waals surface area contributed by atoms with E-state index >= 15 is 0 Å². The summed E-state index contributed by atoms with van der Waals surface area (Å²) in [5.41, 5.74) is 1.27. The first-order valence-electron chi connectivity index (χ1n) is 8.34. The summed E-state index contributed by atoms with van der Waals surface area (Å²) in [5.74, 6) is 2.17. The van der Waals surface area contributed by atoms with Gasteiger partial charge in [-0.1, -0.05) is 13.0 Å². The number of rotatable bonds is 7. The second-order valence-electron chi connectivity index (χ2n) is 6.39. The van der Waals surface area contributed by atoms with E-state index in [4.69, 9.17) is 4.42 Å². The van der Waals surface area contributed by atoms with Crippen LogP contribution in [0.4, 0.5) is 0 Å². The van der Waals surface area contributed by atoms with Gasteiger partial charge in [-0.25, -0.2) is 0 Å². The molecule has 6 heteroatoms. The highest BCUT2D eigenvalue weighted by Crippen LogP contribution is 2.19. The number of likely N-dealkylation sites (tertiary alicyclic amines) is 1. The third-order valence-corrected chi connectivity index (χ3v) is 4.29. The fourth-order valence-corrected chi connectivity index (χ4v) is 3.20.